The molecule has 0 saturated heterocycles. The number of para-hydroxylation sites is 1. The van der Waals surface area contributed by atoms with E-state index in [0.29, 0.717) is 5.92 Å². The monoisotopic (exact) mass is 331 g/mol. The van der Waals surface area contributed by atoms with E-state index in [4.69, 9.17) is 0 Å². The molecule has 0 spiro atoms. The molecule has 4 rings (SSSR count). The van der Waals surface area contributed by atoms with E-state index in [-0.39, 0.29) is 0 Å². The van der Waals surface area contributed by atoms with Gasteiger partial charge in [0.2, 0.25) is 0 Å². The molecule has 3 aromatic carbocycles. The molecule has 120 valence electrons. The van der Waals surface area contributed by atoms with E-state index in [1.54, 1.807) is 0 Å². The van der Waals surface area contributed by atoms with Crippen molar-refractivity contribution in [3.05, 3.63) is 83.4 Å². The third-order valence-corrected chi connectivity index (χ3v) is 5.89. The van der Waals surface area contributed by atoms with Crippen molar-refractivity contribution in [1.29, 1.82) is 0 Å². The molecule has 1 unspecified atom stereocenters. The molecular weight excluding hydrogens is 310 g/mol. The van der Waals surface area contributed by atoms with Crippen LogP contribution in [0.2, 0.25) is 0 Å². The van der Waals surface area contributed by atoms with Crippen LogP contribution in [0.15, 0.2) is 76.5 Å². The van der Waals surface area contributed by atoms with Gasteiger partial charge in [-0.2, -0.15) is 0 Å². The summed E-state index contributed by atoms with van der Waals surface area (Å²) in [4.78, 5) is 2.59. The molecule has 0 aromatic heterocycles. The summed E-state index contributed by atoms with van der Waals surface area (Å²) in [7, 11) is 0. The van der Waals surface area contributed by atoms with Crippen LogP contribution in [0.3, 0.4) is 0 Å². The summed E-state index contributed by atoms with van der Waals surface area (Å²) in [6.07, 6.45) is 1.08. The Morgan fingerprint density at radius 2 is 1.62 bits per heavy atom. The lowest BCUT2D eigenvalue weighted by Gasteiger charge is -2.23. The molecule has 0 saturated carbocycles. The van der Waals surface area contributed by atoms with Crippen LogP contribution in [-0.2, 0) is 6.42 Å². The summed E-state index contributed by atoms with van der Waals surface area (Å²) >= 11 is 1.84. The molecule has 0 radical (unpaired) electrons. The van der Waals surface area contributed by atoms with Gasteiger partial charge in [0.15, 0.2) is 0 Å². The summed E-state index contributed by atoms with van der Waals surface area (Å²) in [6.45, 7) is 4.50. The van der Waals surface area contributed by atoms with Crippen molar-refractivity contribution >= 4 is 23.1 Å². The van der Waals surface area contributed by atoms with Gasteiger partial charge in [0.25, 0.3) is 0 Å². The van der Waals surface area contributed by atoms with Crippen LogP contribution in [0.5, 0.6) is 0 Å². The van der Waals surface area contributed by atoms with Crippen molar-refractivity contribution in [2.24, 2.45) is 0 Å². The molecule has 1 aliphatic rings. The SMILES string of the molecule is CCc1cccc(C(C)c2ccc3c(c2)Nc2ccccc2S3)c1. The second-order valence-electron chi connectivity index (χ2n) is 6.30. The molecule has 0 amide bonds. The van der Waals surface area contributed by atoms with E-state index in [1.807, 2.05) is 11.8 Å². The first-order valence-electron chi connectivity index (χ1n) is 8.51. The zero-order valence-electron chi connectivity index (χ0n) is 14.0. The predicted octanol–water partition coefficient (Wildman–Crippen LogP) is 6.61. The fraction of sp³-hybridized carbons (Fsp3) is 0.182. The minimum absolute atomic E-state index is 0.394. The minimum Gasteiger partial charge on any atom is -0.354 e. The van der Waals surface area contributed by atoms with Crippen LogP contribution in [0.4, 0.5) is 11.4 Å². The Kier molecular flexibility index (Phi) is 4.07. The average Bonchev–Trinajstić information content (AvgIpc) is 2.65. The number of fused-ring (bicyclic) bond motifs is 2. The second-order valence-corrected chi connectivity index (χ2v) is 7.38. The summed E-state index contributed by atoms with van der Waals surface area (Å²) in [5.74, 6) is 0.394. The van der Waals surface area contributed by atoms with E-state index >= 15 is 0 Å². The zero-order chi connectivity index (χ0) is 16.5. The van der Waals surface area contributed by atoms with Crippen molar-refractivity contribution in [3.63, 3.8) is 0 Å². The summed E-state index contributed by atoms with van der Waals surface area (Å²) in [5.41, 5.74) is 6.56. The molecule has 0 fully saturated rings. The summed E-state index contributed by atoms with van der Waals surface area (Å²) < 4.78 is 0. The summed E-state index contributed by atoms with van der Waals surface area (Å²) in [5, 5.41) is 3.59. The van der Waals surface area contributed by atoms with Crippen molar-refractivity contribution in [2.75, 3.05) is 5.32 Å². The normalized spacial score (nSPS) is 13.6. The first-order chi connectivity index (χ1) is 11.7. The Balaban J connectivity index is 1.66. The minimum atomic E-state index is 0.394. The number of nitrogens with one attached hydrogen (secondary N) is 1. The first-order valence-corrected chi connectivity index (χ1v) is 9.33. The van der Waals surface area contributed by atoms with Gasteiger partial charge in [-0.25, -0.2) is 0 Å². The number of hydrogen-bond acceptors (Lipinski definition) is 2. The molecule has 0 aliphatic carbocycles. The smallest absolute Gasteiger partial charge is 0.0529 e. The summed E-state index contributed by atoms with van der Waals surface area (Å²) in [6, 6.07) is 24.3. The van der Waals surface area contributed by atoms with Gasteiger partial charge in [-0.1, -0.05) is 68.1 Å². The van der Waals surface area contributed by atoms with Gasteiger partial charge in [0, 0.05) is 15.7 Å². The van der Waals surface area contributed by atoms with E-state index in [1.165, 1.54) is 37.9 Å². The van der Waals surface area contributed by atoms with Gasteiger partial charge in [-0.05, 0) is 47.4 Å². The Bertz CT molecular complexity index is 885. The van der Waals surface area contributed by atoms with Crippen molar-refractivity contribution in [2.45, 2.75) is 36.0 Å². The van der Waals surface area contributed by atoms with Gasteiger partial charge >= 0.3 is 0 Å². The second kappa shape index (κ2) is 6.37. The maximum Gasteiger partial charge on any atom is 0.0529 e. The van der Waals surface area contributed by atoms with Crippen molar-refractivity contribution in [1.82, 2.24) is 0 Å². The van der Waals surface area contributed by atoms with Crippen LogP contribution >= 0.6 is 11.8 Å². The van der Waals surface area contributed by atoms with Crippen LogP contribution < -0.4 is 5.32 Å². The third-order valence-electron chi connectivity index (χ3n) is 4.74. The zero-order valence-corrected chi connectivity index (χ0v) is 14.9. The lowest BCUT2D eigenvalue weighted by Crippen LogP contribution is -2.02. The highest BCUT2D eigenvalue weighted by molar-refractivity contribution is 7.99. The van der Waals surface area contributed by atoms with Crippen molar-refractivity contribution in [3.8, 4) is 0 Å². The van der Waals surface area contributed by atoms with Gasteiger partial charge in [0.1, 0.15) is 0 Å². The fourth-order valence-electron chi connectivity index (χ4n) is 3.20. The average molecular weight is 331 g/mol. The number of benzene rings is 3. The Morgan fingerprint density at radius 3 is 2.50 bits per heavy atom. The maximum atomic E-state index is 3.59. The maximum absolute atomic E-state index is 3.59. The Labute approximate surface area is 148 Å². The molecule has 1 N–H and O–H groups in total. The van der Waals surface area contributed by atoms with E-state index in [0.717, 1.165) is 6.42 Å². The highest BCUT2D eigenvalue weighted by Crippen LogP contribution is 2.45. The van der Waals surface area contributed by atoms with E-state index < -0.39 is 0 Å². The van der Waals surface area contributed by atoms with E-state index in [9.17, 15) is 0 Å². The highest BCUT2D eigenvalue weighted by atomic mass is 32.2. The number of anilines is 2. The molecule has 1 heterocycles. The van der Waals surface area contributed by atoms with Gasteiger partial charge in [-0.3, -0.25) is 0 Å². The van der Waals surface area contributed by atoms with Crippen LogP contribution in [0, 0.1) is 0 Å². The van der Waals surface area contributed by atoms with Crippen LogP contribution in [0.1, 0.15) is 36.5 Å². The molecule has 3 aromatic rings. The molecule has 0 bridgehead atoms. The van der Waals surface area contributed by atoms with Crippen molar-refractivity contribution < 1.29 is 0 Å². The molecule has 1 nitrogen and oxygen atoms in total. The largest absolute Gasteiger partial charge is 0.354 e. The fourth-order valence-corrected chi connectivity index (χ4v) is 4.17. The molecular formula is C22H21NS. The molecule has 2 heteroatoms. The quantitative estimate of drug-likeness (QED) is 0.453. The molecule has 24 heavy (non-hydrogen) atoms. The lowest BCUT2D eigenvalue weighted by atomic mass is 9.91. The van der Waals surface area contributed by atoms with Gasteiger partial charge in [0.05, 0.1) is 11.4 Å². The topological polar surface area (TPSA) is 12.0 Å². The highest BCUT2D eigenvalue weighted by Gasteiger charge is 2.17. The third kappa shape index (κ3) is 2.83. The number of hydrogen-bond donors (Lipinski definition) is 1. The number of rotatable bonds is 3. The molecule has 1 aliphatic heterocycles. The Hall–Kier alpha value is -2.19. The predicted molar refractivity (Wildman–Crippen MR) is 104 cm³/mol. The lowest BCUT2D eigenvalue weighted by molar-refractivity contribution is 0.914. The first kappa shape index (κ1) is 15.3. The standard InChI is InChI=1S/C22H21NS/c1-3-16-7-6-8-17(13-16)15(2)18-11-12-22-20(14-18)23-19-9-4-5-10-21(19)24-22/h4-15,23H,3H2,1-2H3. The van der Waals surface area contributed by atoms with Crippen LogP contribution in [0.25, 0.3) is 0 Å². The van der Waals surface area contributed by atoms with Crippen LogP contribution in [-0.4, -0.2) is 0 Å². The molecule has 1 atom stereocenters. The van der Waals surface area contributed by atoms with E-state index in [2.05, 4.69) is 85.9 Å². The van der Waals surface area contributed by atoms with Gasteiger partial charge in [-0.15, -0.1) is 0 Å². The number of aryl methyl sites for hydroxylation is 1. The Morgan fingerprint density at radius 1 is 0.833 bits per heavy atom. The van der Waals surface area contributed by atoms with Gasteiger partial charge < -0.3 is 5.32 Å².